The lowest BCUT2D eigenvalue weighted by molar-refractivity contribution is 0.520. The molecule has 3 aromatic rings. The predicted molar refractivity (Wildman–Crippen MR) is 116 cm³/mol. The van der Waals surface area contributed by atoms with Crippen LogP contribution >= 0.6 is 28.3 Å². The quantitative estimate of drug-likeness (QED) is 0.554. The second kappa shape index (κ2) is 8.69. The number of hydrogen-bond donors (Lipinski definition) is 0. The maximum Gasteiger partial charge on any atom is 0.242 e. The number of rotatable bonds is 4. The maximum atomic E-state index is 13.1. The largest absolute Gasteiger partial charge is 0.320 e. The molecule has 0 saturated heterocycles. The van der Waals surface area contributed by atoms with Crippen LogP contribution in [0.5, 0.6) is 0 Å². The summed E-state index contributed by atoms with van der Waals surface area (Å²) in [4.78, 5) is 5.53. The minimum absolute atomic E-state index is 0. The Balaban J connectivity index is 0.00000280. The smallest absolute Gasteiger partial charge is 0.242 e. The zero-order chi connectivity index (χ0) is 19.8. The first-order valence-corrected chi connectivity index (χ1v) is 10.5. The second-order valence-electron chi connectivity index (χ2n) is 6.37. The molecule has 5 nitrogen and oxygen atoms in total. The number of benzene rings is 2. The van der Waals surface area contributed by atoms with E-state index < -0.39 is 10.0 Å². The summed E-state index contributed by atoms with van der Waals surface area (Å²) in [6.45, 7) is 1.87. The molecular formula is C19H21BrFN3O2S2. The minimum Gasteiger partial charge on any atom is -0.320 e. The Morgan fingerprint density at radius 3 is 2.36 bits per heavy atom. The van der Waals surface area contributed by atoms with Crippen LogP contribution in [-0.2, 0) is 17.1 Å². The Morgan fingerprint density at radius 2 is 1.75 bits per heavy atom. The van der Waals surface area contributed by atoms with E-state index in [-0.39, 0.29) is 27.7 Å². The first-order valence-electron chi connectivity index (χ1n) is 8.18. The van der Waals surface area contributed by atoms with Gasteiger partial charge in [-0.2, -0.15) is 0 Å². The van der Waals surface area contributed by atoms with E-state index in [0.29, 0.717) is 5.69 Å². The van der Waals surface area contributed by atoms with Gasteiger partial charge in [-0.05, 0) is 55.0 Å². The predicted octanol–water partition coefficient (Wildman–Crippen LogP) is 4.26. The van der Waals surface area contributed by atoms with Crippen LogP contribution in [0.15, 0.2) is 57.7 Å². The van der Waals surface area contributed by atoms with Crippen molar-refractivity contribution in [2.75, 3.05) is 14.1 Å². The molecule has 0 saturated carbocycles. The van der Waals surface area contributed by atoms with Crippen molar-refractivity contribution in [2.45, 2.75) is 11.8 Å². The monoisotopic (exact) mass is 485 g/mol. The number of sulfonamides is 1. The van der Waals surface area contributed by atoms with Crippen molar-refractivity contribution in [3.8, 4) is 11.3 Å². The highest BCUT2D eigenvalue weighted by atomic mass is 79.9. The van der Waals surface area contributed by atoms with Crippen molar-refractivity contribution in [1.29, 1.82) is 0 Å². The topological polar surface area (TPSA) is 54.7 Å². The van der Waals surface area contributed by atoms with E-state index in [1.165, 1.54) is 41.9 Å². The minimum atomic E-state index is -3.52. The molecule has 0 unspecified atom stereocenters. The number of thiazole rings is 1. The standard InChI is InChI=1S/C19H20FN3O2S2.BrH/c1-13-9-14(11-17(10-13)27(24,25)22(2)3)18-12-26-19(23(18)4)21-16-7-5-15(20)6-8-16;/h5-12H,1-4H3;1H/b21-19+;. The first-order chi connectivity index (χ1) is 12.7. The van der Waals surface area contributed by atoms with Gasteiger partial charge in [0.1, 0.15) is 5.82 Å². The van der Waals surface area contributed by atoms with E-state index in [0.717, 1.165) is 21.6 Å². The zero-order valence-corrected chi connectivity index (χ0v) is 19.2. The first kappa shape index (κ1) is 22.5. The van der Waals surface area contributed by atoms with Crippen LogP contribution in [-0.4, -0.2) is 31.4 Å². The summed E-state index contributed by atoms with van der Waals surface area (Å²) in [5.74, 6) is -0.306. The SMILES string of the molecule is Br.Cc1cc(-c2cs/c(=N/c3ccc(F)cc3)n2C)cc(S(=O)(=O)N(C)C)c1. The van der Waals surface area contributed by atoms with Crippen LogP contribution in [0.25, 0.3) is 11.3 Å². The van der Waals surface area contributed by atoms with Crippen LogP contribution in [0.4, 0.5) is 10.1 Å². The van der Waals surface area contributed by atoms with E-state index in [1.54, 1.807) is 24.3 Å². The van der Waals surface area contributed by atoms with Crippen LogP contribution in [0.1, 0.15) is 5.56 Å². The summed E-state index contributed by atoms with van der Waals surface area (Å²) in [6.07, 6.45) is 0. The summed E-state index contributed by atoms with van der Waals surface area (Å²) < 4.78 is 41.2. The van der Waals surface area contributed by atoms with Gasteiger partial charge < -0.3 is 4.57 Å². The van der Waals surface area contributed by atoms with E-state index in [2.05, 4.69) is 4.99 Å². The molecule has 0 radical (unpaired) electrons. The van der Waals surface area contributed by atoms with E-state index in [9.17, 15) is 12.8 Å². The number of nitrogens with zero attached hydrogens (tertiary/aromatic N) is 3. The summed E-state index contributed by atoms with van der Waals surface area (Å²) in [5.41, 5.74) is 3.17. The third-order valence-electron chi connectivity index (χ3n) is 4.10. The molecule has 2 aromatic carbocycles. The Bertz CT molecular complexity index is 1150. The van der Waals surface area contributed by atoms with Crippen molar-refractivity contribution < 1.29 is 12.8 Å². The van der Waals surface area contributed by atoms with Crippen LogP contribution in [0.3, 0.4) is 0 Å². The van der Waals surface area contributed by atoms with Gasteiger partial charge in [0.15, 0.2) is 4.80 Å². The van der Waals surface area contributed by atoms with Crippen LogP contribution in [0.2, 0.25) is 0 Å². The molecule has 0 bridgehead atoms. The lowest BCUT2D eigenvalue weighted by Gasteiger charge is -2.13. The summed E-state index contributed by atoms with van der Waals surface area (Å²) >= 11 is 1.44. The fourth-order valence-electron chi connectivity index (χ4n) is 2.61. The van der Waals surface area contributed by atoms with Crippen molar-refractivity contribution in [1.82, 2.24) is 8.87 Å². The number of hydrogen-bond acceptors (Lipinski definition) is 4. The highest BCUT2D eigenvalue weighted by Gasteiger charge is 2.19. The molecular weight excluding hydrogens is 465 g/mol. The van der Waals surface area contributed by atoms with Gasteiger partial charge in [0.25, 0.3) is 0 Å². The molecule has 0 aliphatic carbocycles. The average molecular weight is 486 g/mol. The number of halogens is 2. The summed E-state index contributed by atoms with van der Waals surface area (Å²) in [6, 6.07) is 11.2. The van der Waals surface area contributed by atoms with Crippen molar-refractivity contribution in [3.63, 3.8) is 0 Å². The molecule has 9 heteroatoms. The molecule has 0 aliphatic rings. The van der Waals surface area contributed by atoms with Crippen molar-refractivity contribution in [3.05, 3.63) is 64.0 Å². The van der Waals surface area contributed by atoms with Gasteiger partial charge in [0, 0.05) is 32.1 Å². The Hall–Kier alpha value is -1.81. The normalized spacial score (nSPS) is 12.3. The fourth-order valence-corrected chi connectivity index (χ4v) is 4.57. The average Bonchev–Trinajstić information content (AvgIpc) is 2.97. The van der Waals surface area contributed by atoms with Gasteiger partial charge in [-0.15, -0.1) is 28.3 Å². The van der Waals surface area contributed by atoms with Gasteiger partial charge in [-0.1, -0.05) is 0 Å². The van der Waals surface area contributed by atoms with Gasteiger partial charge >= 0.3 is 0 Å². The highest BCUT2D eigenvalue weighted by molar-refractivity contribution is 8.93. The third kappa shape index (κ3) is 4.60. The summed E-state index contributed by atoms with van der Waals surface area (Å²) in [5, 5.41) is 1.93. The van der Waals surface area contributed by atoms with Gasteiger partial charge in [-0.3, -0.25) is 0 Å². The molecule has 0 spiro atoms. The lowest BCUT2D eigenvalue weighted by atomic mass is 10.1. The Kier molecular flexibility index (Phi) is 6.97. The number of aryl methyl sites for hydroxylation is 1. The fraction of sp³-hybridized carbons (Fsp3) is 0.211. The molecule has 0 atom stereocenters. The summed E-state index contributed by atoms with van der Waals surface area (Å²) in [7, 11) is 1.38. The Morgan fingerprint density at radius 1 is 1.11 bits per heavy atom. The van der Waals surface area contributed by atoms with Crippen LogP contribution in [0, 0.1) is 12.7 Å². The molecule has 1 aromatic heterocycles. The van der Waals surface area contributed by atoms with Gasteiger partial charge in [0.2, 0.25) is 10.0 Å². The molecule has 0 N–H and O–H groups in total. The maximum absolute atomic E-state index is 13.1. The van der Waals surface area contributed by atoms with Gasteiger partial charge in [-0.25, -0.2) is 22.1 Å². The molecule has 0 fully saturated rings. The molecule has 150 valence electrons. The molecule has 0 amide bonds. The van der Waals surface area contributed by atoms with E-state index >= 15 is 0 Å². The lowest BCUT2D eigenvalue weighted by Crippen LogP contribution is -2.22. The number of aromatic nitrogens is 1. The van der Waals surface area contributed by atoms with E-state index in [1.807, 2.05) is 30.0 Å². The van der Waals surface area contributed by atoms with E-state index in [4.69, 9.17) is 0 Å². The van der Waals surface area contributed by atoms with Crippen molar-refractivity contribution in [2.24, 2.45) is 12.0 Å². The zero-order valence-electron chi connectivity index (χ0n) is 15.9. The van der Waals surface area contributed by atoms with Crippen molar-refractivity contribution >= 4 is 44.0 Å². The Labute approximate surface area is 178 Å². The van der Waals surface area contributed by atoms with Gasteiger partial charge in [0.05, 0.1) is 16.3 Å². The third-order valence-corrected chi connectivity index (χ3v) is 6.81. The second-order valence-corrected chi connectivity index (χ2v) is 9.36. The molecule has 1 heterocycles. The van der Waals surface area contributed by atoms with Crippen LogP contribution < -0.4 is 4.80 Å². The molecule has 28 heavy (non-hydrogen) atoms. The molecule has 0 aliphatic heterocycles. The molecule has 3 rings (SSSR count). The highest BCUT2D eigenvalue weighted by Crippen LogP contribution is 2.26.